The molecule has 1 N–H and O–H groups in total. The highest BCUT2D eigenvalue weighted by Gasteiger charge is 2.51. The number of allylic oxidation sites excluding steroid dienone is 1. The number of hydrogen-bond donors (Lipinski definition) is 1. The molecule has 0 aromatic heterocycles. The molecule has 0 spiro atoms. The molecule has 2 aliphatic carbocycles. The molecule has 102 valence electrons. The lowest BCUT2D eigenvalue weighted by molar-refractivity contribution is -0.140. The van der Waals surface area contributed by atoms with Gasteiger partial charge in [0.2, 0.25) is 0 Å². The van der Waals surface area contributed by atoms with Crippen LogP contribution in [0.5, 0.6) is 0 Å². The van der Waals surface area contributed by atoms with Crippen LogP contribution in [-0.2, 0) is 14.3 Å². The van der Waals surface area contributed by atoms with Crippen LogP contribution in [0.3, 0.4) is 0 Å². The third-order valence-electron chi connectivity index (χ3n) is 4.93. The van der Waals surface area contributed by atoms with E-state index in [1.807, 2.05) is 0 Å². The molecule has 0 bridgehead atoms. The Hall–Kier alpha value is -1.42. The predicted octanol–water partition coefficient (Wildman–Crippen LogP) is 1.39. The number of Topliss-reactive ketones (excluding diaryl/α,β-unsaturated/α-hetero) is 1. The lowest BCUT2D eigenvalue weighted by atomic mass is 9.84. The van der Waals surface area contributed by atoms with Crippen molar-refractivity contribution in [3.8, 4) is 0 Å². The van der Waals surface area contributed by atoms with Gasteiger partial charge in [0.25, 0.3) is 0 Å². The lowest BCUT2D eigenvalue weighted by Gasteiger charge is -2.22. The summed E-state index contributed by atoms with van der Waals surface area (Å²) in [6, 6.07) is 0. The minimum absolute atomic E-state index is 0.0830. The Morgan fingerprint density at radius 2 is 2.05 bits per heavy atom. The second-order valence-electron chi connectivity index (χ2n) is 5.97. The number of carbonyl (C=O) groups is 2. The molecule has 1 saturated carbocycles. The van der Waals surface area contributed by atoms with Crippen LogP contribution in [0.15, 0.2) is 23.3 Å². The van der Waals surface area contributed by atoms with Gasteiger partial charge in [0.15, 0.2) is 5.78 Å². The molecule has 0 aromatic rings. The first kappa shape index (κ1) is 12.6. The molecule has 0 unspecified atom stereocenters. The largest absolute Gasteiger partial charge is 0.458 e. The number of rotatable bonds is 0. The van der Waals surface area contributed by atoms with Crippen LogP contribution < -0.4 is 0 Å². The Morgan fingerprint density at radius 1 is 1.37 bits per heavy atom. The van der Waals surface area contributed by atoms with Gasteiger partial charge in [0, 0.05) is 12.0 Å². The minimum Gasteiger partial charge on any atom is -0.458 e. The molecular formula is C15H18O4. The van der Waals surface area contributed by atoms with Crippen molar-refractivity contribution in [1.29, 1.82) is 0 Å². The van der Waals surface area contributed by atoms with E-state index in [9.17, 15) is 14.7 Å². The number of carbonyl (C=O) groups excluding carboxylic acids is 2. The highest BCUT2D eigenvalue weighted by atomic mass is 16.6. The highest BCUT2D eigenvalue weighted by molar-refractivity contribution is 5.99. The zero-order valence-electron chi connectivity index (χ0n) is 11.2. The van der Waals surface area contributed by atoms with E-state index in [0.717, 1.165) is 5.57 Å². The summed E-state index contributed by atoms with van der Waals surface area (Å²) in [4.78, 5) is 23.5. The van der Waals surface area contributed by atoms with Gasteiger partial charge in [-0.3, -0.25) is 4.79 Å². The van der Waals surface area contributed by atoms with Crippen molar-refractivity contribution in [2.45, 2.75) is 38.9 Å². The van der Waals surface area contributed by atoms with E-state index in [1.54, 1.807) is 6.92 Å². The molecule has 0 aromatic carbocycles. The van der Waals surface area contributed by atoms with Gasteiger partial charge in [-0.05, 0) is 36.3 Å². The van der Waals surface area contributed by atoms with Crippen molar-refractivity contribution >= 4 is 11.8 Å². The second kappa shape index (κ2) is 4.04. The number of aliphatic hydroxyl groups excluding tert-OH is 1. The quantitative estimate of drug-likeness (QED) is 0.529. The first-order chi connectivity index (χ1) is 8.91. The average molecular weight is 262 g/mol. The molecule has 0 amide bonds. The number of esters is 1. The van der Waals surface area contributed by atoms with E-state index < -0.39 is 18.0 Å². The molecule has 4 heteroatoms. The number of ketones is 1. The predicted molar refractivity (Wildman–Crippen MR) is 68.1 cm³/mol. The SMILES string of the molecule is C=C1C(=O)O[C@@H]2C[C@H](C)[C@@H]3CC(=O)C(C)=C3[C@H](O)[C@H]12. The molecule has 1 saturated heterocycles. The van der Waals surface area contributed by atoms with E-state index in [0.29, 0.717) is 24.0 Å². The van der Waals surface area contributed by atoms with Crippen LogP contribution in [0.25, 0.3) is 0 Å². The fourth-order valence-electron chi connectivity index (χ4n) is 3.81. The summed E-state index contributed by atoms with van der Waals surface area (Å²) in [6.07, 6.45) is 0.0388. The van der Waals surface area contributed by atoms with Gasteiger partial charge in [-0.25, -0.2) is 4.79 Å². The van der Waals surface area contributed by atoms with Crippen LogP contribution in [-0.4, -0.2) is 29.1 Å². The lowest BCUT2D eigenvalue weighted by Crippen LogP contribution is -2.29. The maximum atomic E-state index is 11.9. The van der Waals surface area contributed by atoms with E-state index in [2.05, 4.69) is 13.5 Å². The van der Waals surface area contributed by atoms with Crippen LogP contribution in [0, 0.1) is 17.8 Å². The zero-order valence-corrected chi connectivity index (χ0v) is 11.2. The van der Waals surface area contributed by atoms with E-state index in [1.165, 1.54) is 0 Å². The van der Waals surface area contributed by atoms with E-state index >= 15 is 0 Å². The van der Waals surface area contributed by atoms with Gasteiger partial charge in [0.05, 0.1) is 12.0 Å². The van der Waals surface area contributed by atoms with E-state index in [4.69, 9.17) is 4.74 Å². The third-order valence-corrected chi connectivity index (χ3v) is 4.93. The maximum absolute atomic E-state index is 11.9. The Bertz CT molecular complexity index is 516. The first-order valence-corrected chi connectivity index (χ1v) is 6.73. The van der Waals surface area contributed by atoms with Gasteiger partial charge < -0.3 is 9.84 Å². The summed E-state index contributed by atoms with van der Waals surface area (Å²) in [5.41, 5.74) is 1.81. The first-order valence-electron chi connectivity index (χ1n) is 6.73. The summed E-state index contributed by atoms with van der Waals surface area (Å²) >= 11 is 0. The van der Waals surface area contributed by atoms with Gasteiger partial charge in [-0.15, -0.1) is 0 Å². The molecule has 4 nitrogen and oxygen atoms in total. The topological polar surface area (TPSA) is 63.6 Å². The molecule has 5 atom stereocenters. The van der Waals surface area contributed by atoms with Crippen molar-refractivity contribution in [1.82, 2.24) is 0 Å². The Morgan fingerprint density at radius 3 is 2.74 bits per heavy atom. The van der Waals surface area contributed by atoms with Crippen LogP contribution in [0.2, 0.25) is 0 Å². The molecular weight excluding hydrogens is 244 g/mol. The second-order valence-corrected chi connectivity index (χ2v) is 5.97. The Labute approximate surface area is 112 Å². The van der Waals surface area contributed by atoms with Crippen LogP contribution in [0.1, 0.15) is 26.7 Å². The Balaban J connectivity index is 2.08. The van der Waals surface area contributed by atoms with E-state index in [-0.39, 0.29) is 23.7 Å². The third kappa shape index (κ3) is 1.62. The number of ether oxygens (including phenoxy) is 1. The molecule has 1 heterocycles. The molecule has 2 fully saturated rings. The molecule has 19 heavy (non-hydrogen) atoms. The monoisotopic (exact) mass is 262 g/mol. The van der Waals surface area contributed by atoms with Crippen molar-refractivity contribution in [2.24, 2.45) is 17.8 Å². The number of fused-ring (bicyclic) bond motifs is 2. The normalized spacial score (nSPS) is 42.1. The van der Waals surface area contributed by atoms with Gasteiger partial charge >= 0.3 is 5.97 Å². The van der Waals surface area contributed by atoms with Crippen molar-refractivity contribution in [2.75, 3.05) is 0 Å². The van der Waals surface area contributed by atoms with Crippen LogP contribution >= 0.6 is 0 Å². The standard InChI is InChI=1S/C15H18O4/c1-6-4-11-13(8(3)15(18)19-11)14(17)12-7(2)10(16)5-9(6)12/h6,9,11,13-14,17H,3-5H2,1-2H3/t6-,9-,11+,13+,14-/m0/s1. The Kier molecular flexibility index (Phi) is 2.68. The van der Waals surface area contributed by atoms with Gasteiger partial charge in [0.1, 0.15) is 6.10 Å². The minimum atomic E-state index is -0.814. The summed E-state index contributed by atoms with van der Waals surface area (Å²) in [5, 5.41) is 10.6. The van der Waals surface area contributed by atoms with Crippen LogP contribution in [0.4, 0.5) is 0 Å². The fourth-order valence-corrected chi connectivity index (χ4v) is 3.81. The fraction of sp³-hybridized carbons (Fsp3) is 0.600. The highest BCUT2D eigenvalue weighted by Crippen LogP contribution is 2.48. The van der Waals surface area contributed by atoms with Crippen molar-refractivity contribution in [3.63, 3.8) is 0 Å². The van der Waals surface area contributed by atoms with Gasteiger partial charge in [-0.1, -0.05) is 13.5 Å². The smallest absolute Gasteiger partial charge is 0.334 e. The number of aliphatic hydroxyl groups is 1. The summed E-state index contributed by atoms with van der Waals surface area (Å²) in [7, 11) is 0. The van der Waals surface area contributed by atoms with Crippen molar-refractivity contribution in [3.05, 3.63) is 23.3 Å². The zero-order chi connectivity index (χ0) is 13.9. The summed E-state index contributed by atoms with van der Waals surface area (Å²) < 4.78 is 5.32. The maximum Gasteiger partial charge on any atom is 0.334 e. The molecule has 3 rings (SSSR count). The average Bonchev–Trinajstić information content (AvgIpc) is 2.75. The van der Waals surface area contributed by atoms with Crippen molar-refractivity contribution < 1.29 is 19.4 Å². The number of hydrogen-bond acceptors (Lipinski definition) is 4. The summed E-state index contributed by atoms with van der Waals surface area (Å²) in [6.45, 7) is 7.58. The molecule has 1 aliphatic heterocycles. The molecule has 3 aliphatic rings. The van der Waals surface area contributed by atoms with Gasteiger partial charge in [-0.2, -0.15) is 0 Å². The summed E-state index contributed by atoms with van der Waals surface area (Å²) in [5.74, 6) is -0.391. The molecule has 0 radical (unpaired) electrons.